The van der Waals surface area contributed by atoms with E-state index in [1.165, 1.54) is 0 Å². The van der Waals surface area contributed by atoms with Gasteiger partial charge in [0.25, 0.3) is 0 Å². The molecular formula is C47H68B2N10O11P2. The van der Waals surface area contributed by atoms with E-state index in [4.69, 9.17) is 20.9 Å². The van der Waals surface area contributed by atoms with E-state index in [-0.39, 0.29) is 68.1 Å². The van der Waals surface area contributed by atoms with Crippen LogP contribution in [0.4, 0.5) is 0 Å². The van der Waals surface area contributed by atoms with Crippen molar-refractivity contribution in [3.63, 3.8) is 0 Å². The number of hydrogen-bond acceptors (Lipinski definition) is 12. The third-order valence-electron chi connectivity index (χ3n) is 10.5. The lowest BCUT2D eigenvalue weighted by Crippen LogP contribution is -2.56. The van der Waals surface area contributed by atoms with Crippen molar-refractivity contribution in [3.05, 3.63) is 71.8 Å². The number of benzene rings is 2. The molecule has 0 saturated carbocycles. The van der Waals surface area contributed by atoms with Crippen LogP contribution in [0.3, 0.4) is 0 Å². The Hall–Kier alpha value is -6.04. The third kappa shape index (κ3) is 24.9. The maximum atomic E-state index is 13.7. The average molecular weight is 1030 g/mol. The van der Waals surface area contributed by atoms with Crippen molar-refractivity contribution >= 4 is 94.9 Å². The zero-order chi connectivity index (χ0) is 53.9. The van der Waals surface area contributed by atoms with Gasteiger partial charge in [-0.05, 0) is 55.6 Å². The first-order valence-electron chi connectivity index (χ1n) is 23.4. The van der Waals surface area contributed by atoms with Crippen LogP contribution in [0.5, 0.6) is 0 Å². The normalized spacial score (nSPS) is 13.8. The Labute approximate surface area is 426 Å². The van der Waals surface area contributed by atoms with E-state index < -0.39 is 125 Å². The van der Waals surface area contributed by atoms with Gasteiger partial charge in [-0.2, -0.15) is 0 Å². The van der Waals surface area contributed by atoms with Gasteiger partial charge in [0.15, 0.2) is 11.0 Å². The molecule has 2 aromatic rings. The van der Waals surface area contributed by atoms with Crippen molar-refractivity contribution in [2.24, 2.45) is 17.6 Å². The second kappa shape index (κ2) is 32.8. The van der Waals surface area contributed by atoms with Crippen LogP contribution in [0.2, 0.25) is 0 Å². The molecule has 21 nitrogen and oxygen atoms in total. The minimum Gasteiger partial charge on any atom is -0.347 e. The molecular weight excluding hydrogens is 964 g/mol. The summed E-state index contributed by atoms with van der Waals surface area (Å²) in [5, 5.41) is 22.8. The molecule has 0 bridgehead atoms. The first-order chi connectivity index (χ1) is 34.0. The Kier molecular flexibility index (Phi) is 28.3. The van der Waals surface area contributed by atoms with Gasteiger partial charge < -0.3 is 53.6 Å². The van der Waals surface area contributed by atoms with Crippen molar-refractivity contribution in [2.75, 3.05) is 46.1 Å². The highest BCUT2D eigenvalue weighted by atomic mass is 31.1. The van der Waals surface area contributed by atoms with E-state index in [1.807, 2.05) is 27.7 Å². The molecule has 2 rings (SSSR count). The van der Waals surface area contributed by atoms with Gasteiger partial charge in [0.2, 0.25) is 53.2 Å². The lowest BCUT2D eigenvalue weighted by atomic mass is 10.0. The number of nitrogens with one attached hydrogen (secondary N) is 9. The maximum absolute atomic E-state index is 13.7. The number of nitrogens with two attached hydrogens (primary N) is 1. The molecule has 0 aliphatic heterocycles. The first kappa shape index (κ1) is 62.1. The molecule has 0 spiro atoms. The van der Waals surface area contributed by atoms with Gasteiger partial charge in [0, 0.05) is 19.3 Å². The molecule has 9 amide bonds. The fourth-order valence-corrected chi connectivity index (χ4v) is 7.39. The van der Waals surface area contributed by atoms with Crippen molar-refractivity contribution in [3.8, 4) is 0 Å². The van der Waals surface area contributed by atoms with Crippen LogP contribution in [-0.4, -0.2) is 156 Å². The molecule has 25 heteroatoms. The van der Waals surface area contributed by atoms with Gasteiger partial charge in [-0.15, -0.1) is 0 Å². The van der Waals surface area contributed by atoms with Crippen LogP contribution in [0.15, 0.2) is 60.7 Å². The lowest BCUT2D eigenvalue weighted by molar-refractivity contribution is -0.133. The molecule has 2 aromatic carbocycles. The first-order valence-corrected chi connectivity index (χ1v) is 27.1. The van der Waals surface area contributed by atoms with Crippen LogP contribution in [0.25, 0.3) is 0 Å². The van der Waals surface area contributed by atoms with E-state index >= 15 is 0 Å². The molecule has 72 heavy (non-hydrogen) atoms. The molecule has 0 aliphatic carbocycles. The van der Waals surface area contributed by atoms with Gasteiger partial charge in [-0.1, -0.05) is 104 Å². The van der Waals surface area contributed by atoms with Crippen LogP contribution in [0, 0.1) is 11.8 Å². The monoisotopic (exact) mass is 1030 g/mol. The highest BCUT2D eigenvalue weighted by Gasteiger charge is 2.31. The molecule has 0 aliphatic rings. The Bertz CT molecular complexity index is 2180. The molecule has 7 unspecified atom stereocenters. The minimum absolute atomic E-state index is 0.00515. The molecule has 11 N–H and O–H groups in total. The van der Waals surface area contributed by atoms with Crippen LogP contribution in [0.1, 0.15) is 64.5 Å². The second-order valence-corrected chi connectivity index (χ2v) is 21.2. The van der Waals surface area contributed by atoms with E-state index in [0.717, 1.165) is 0 Å². The molecule has 4 radical (unpaired) electrons. The summed E-state index contributed by atoms with van der Waals surface area (Å²) in [6, 6.07) is 11.5. The summed E-state index contributed by atoms with van der Waals surface area (Å²) in [7, 11) is 8.48. The van der Waals surface area contributed by atoms with Crippen molar-refractivity contribution < 1.29 is 52.7 Å². The quantitative estimate of drug-likeness (QED) is 0.0300. The third-order valence-corrected chi connectivity index (χ3v) is 12.4. The molecule has 0 heterocycles. The van der Waals surface area contributed by atoms with Gasteiger partial charge in [-0.3, -0.25) is 52.7 Å². The fourth-order valence-electron chi connectivity index (χ4n) is 6.74. The number of hydrogen-bond donors (Lipinski definition) is 10. The number of carbonyl (C=O) groups excluding carboxylic acids is 11. The molecule has 388 valence electrons. The average Bonchev–Trinajstić information content (AvgIpc) is 3.33. The standard InChI is InChI=1S/C47H68B2N10O11P2/c1-28(2)19-33(44(67)53-26-41(64)71(5)48)58-46(69)35(21-30-13-9-7-10-14-30)56-39(62)24-51-37(60)18-17-32(55-38(61)23-50)43(66)52-25-40(63)57-36(22-31-15-11-8-12-16-31)47(70)59-34(20-29(3)4)45(68)54-27-42(65)72(6)49/h7-16,28-29,32-36H,17-27,50H2,1-6H3,(H,51,60)(H,52,66)(H,53,67)(H,54,68)(H,55,61)(H,56,62)(H,57,63)(H,58,69)(H,59,70). The highest BCUT2D eigenvalue weighted by Crippen LogP contribution is 2.23. The predicted molar refractivity (Wildman–Crippen MR) is 276 cm³/mol. The minimum atomic E-state index is -1.44. The lowest BCUT2D eigenvalue weighted by Gasteiger charge is -2.25. The van der Waals surface area contributed by atoms with E-state index in [2.05, 4.69) is 47.9 Å². The number of carbonyl (C=O) groups is 11. The maximum Gasteiger partial charge on any atom is 0.243 e. The summed E-state index contributed by atoms with van der Waals surface area (Å²) in [6.07, 6.45) is -0.280. The summed E-state index contributed by atoms with van der Waals surface area (Å²) >= 11 is 0. The number of amides is 9. The largest absolute Gasteiger partial charge is 0.347 e. The molecule has 0 aromatic heterocycles. The van der Waals surface area contributed by atoms with Gasteiger partial charge in [0.05, 0.1) is 32.7 Å². The zero-order valence-electron chi connectivity index (χ0n) is 41.7. The Balaban J connectivity index is 2.12. The van der Waals surface area contributed by atoms with Crippen LogP contribution in [-0.2, 0) is 65.6 Å². The second-order valence-electron chi connectivity index (χ2n) is 17.8. The zero-order valence-corrected chi connectivity index (χ0v) is 43.5. The smallest absolute Gasteiger partial charge is 0.243 e. The SMILES string of the molecule is [B]P(C)C(=O)CNC(=O)C(CC(C)C)NC(=O)C(Cc1ccccc1)NC(=O)CNC(=O)CCC(NC(=O)CN)C(=O)NCC(=O)NC(Cc1ccccc1)C(=O)NC(CC(C)C)C(=O)NCC(=O)P([B])C. The van der Waals surface area contributed by atoms with Gasteiger partial charge in [0.1, 0.15) is 45.3 Å². The number of rotatable bonds is 32. The Morgan fingerprint density at radius 3 is 1.19 bits per heavy atom. The van der Waals surface area contributed by atoms with E-state index in [0.29, 0.717) is 11.1 Å². The molecule has 7 atom stereocenters. The van der Waals surface area contributed by atoms with Crippen molar-refractivity contribution in [2.45, 2.75) is 96.4 Å². The van der Waals surface area contributed by atoms with E-state index in [9.17, 15) is 52.7 Å². The van der Waals surface area contributed by atoms with Gasteiger partial charge in [-0.25, -0.2) is 0 Å². The predicted octanol–water partition coefficient (Wildman–Crippen LogP) is -1.36. The summed E-state index contributed by atoms with van der Waals surface area (Å²) in [5.41, 5.74) is 6.13. The summed E-state index contributed by atoms with van der Waals surface area (Å²) < 4.78 is 0. The van der Waals surface area contributed by atoms with Gasteiger partial charge >= 0.3 is 0 Å². The summed E-state index contributed by atoms with van der Waals surface area (Å²) in [5.74, 6) is -6.65. The summed E-state index contributed by atoms with van der Waals surface area (Å²) in [4.78, 5) is 143. The van der Waals surface area contributed by atoms with Crippen LogP contribution < -0.4 is 53.6 Å². The highest BCUT2D eigenvalue weighted by molar-refractivity contribution is 7.95. The Morgan fingerprint density at radius 2 is 0.819 bits per heavy atom. The van der Waals surface area contributed by atoms with Crippen LogP contribution >= 0.6 is 15.6 Å². The topological polar surface area (TPSA) is 322 Å². The van der Waals surface area contributed by atoms with Crippen molar-refractivity contribution in [1.82, 2.24) is 47.9 Å². The Morgan fingerprint density at radius 1 is 0.458 bits per heavy atom. The molecule has 0 saturated heterocycles. The molecule has 0 fully saturated rings. The van der Waals surface area contributed by atoms with Crippen molar-refractivity contribution in [1.29, 1.82) is 0 Å². The van der Waals surface area contributed by atoms with E-state index in [1.54, 1.807) is 74.0 Å². The summed E-state index contributed by atoms with van der Waals surface area (Å²) in [6.45, 7) is 8.05. The fraction of sp³-hybridized carbons (Fsp3) is 0.511.